The minimum absolute atomic E-state index is 0.0535. The highest BCUT2D eigenvalue weighted by Gasteiger charge is 2.46. The van der Waals surface area contributed by atoms with Crippen LogP contribution in [0.1, 0.15) is 63.1 Å². The summed E-state index contributed by atoms with van der Waals surface area (Å²) in [5.74, 6) is -1.35. The normalized spacial score (nSPS) is 16.8. The number of hydrogen-bond donors (Lipinski definition) is 1. The molecule has 0 spiro atoms. The van der Waals surface area contributed by atoms with E-state index in [9.17, 15) is 24.8 Å². The first-order valence-electron chi connectivity index (χ1n) is 13.2. The van der Waals surface area contributed by atoms with Gasteiger partial charge in [0.15, 0.2) is 0 Å². The van der Waals surface area contributed by atoms with E-state index >= 15 is 0 Å². The topological polar surface area (TPSA) is 113 Å². The lowest BCUT2D eigenvalue weighted by Gasteiger charge is -2.28. The molecule has 9 nitrogen and oxygen atoms in total. The number of hydrogen-bond acceptors (Lipinski definition) is 7. The molecule has 2 aromatic carbocycles. The molecule has 38 heavy (non-hydrogen) atoms. The molecule has 0 bridgehead atoms. The van der Waals surface area contributed by atoms with Gasteiger partial charge in [0.25, 0.3) is 17.4 Å². The van der Waals surface area contributed by atoms with Gasteiger partial charge < -0.3 is 19.6 Å². The second-order valence-corrected chi connectivity index (χ2v) is 9.44. The van der Waals surface area contributed by atoms with Crippen molar-refractivity contribution in [1.29, 1.82) is 0 Å². The third-order valence-corrected chi connectivity index (χ3v) is 6.85. The fourth-order valence-corrected chi connectivity index (χ4v) is 4.79. The number of ketones is 1. The van der Waals surface area contributed by atoms with E-state index < -0.39 is 22.7 Å². The number of carbonyl (C=O) groups excluding carboxylic acids is 2. The number of Topliss-reactive ketones (excluding diaryl/α,β-unsaturated/α-hetero) is 1. The predicted octanol–water partition coefficient (Wildman–Crippen LogP) is 5.32. The number of nitrogens with zero attached hydrogens (tertiary/aromatic N) is 3. The number of benzene rings is 2. The fourth-order valence-electron chi connectivity index (χ4n) is 4.79. The van der Waals surface area contributed by atoms with Crippen molar-refractivity contribution in [3.05, 3.63) is 75.3 Å². The summed E-state index contributed by atoms with van der Waals surface area (Å²) in [4.78, 5) is 41.0. The molecule has 1 N–H and O–H groups in total. The van der Waals surface area contributed by atoms with E-state index in [-0.39, 0.29) is 22.6 Å². The lowest BCUT2D eigenvalue weighted by atomic mass is 9.94. The van der Waals surface area contributed by atoms with E-state index in [0.29, 0.717) is 24.3 Å². The number of nitro groups is 1. The molecule has 204 valence electrons. The Hall–Kier alpha value is -3.72. The van der Waals surface area contributed by atoms with E-state index in [1.165, 1.54) is 36.3 Å². The van der Waals surface area contributed by atoms with Crippen LogP contribution in [0.5, 0.6) is 5.75 Å². The maximum absolute atomic E-state index is 13.3. The second-order valence-electron chi connectivity index (χ2n) is 9.44. The molecule has 3 rings (SSSR count). The summed E-state index contributed by atoms with van der Waals surface area (Å²) in [5.41, 5.74) is 0.617. The molecule has 2 aromatic rings. The van der Waals surface area contributed by atoms with Crippen LogP contribution in [0, 0.1) is 10.1 Å². The Morgan fingerprint density at radius 2 is 1.61 bits per heavy atom. The molecule has 1 amide bonds. The molecule has 1 fully saturated rings. The number of aliphatic hydroxyl groups excluding tert-OH is 1. The van der Waals surface area contributed by atoms with Crippen LogP contribution >= 0.6 is 0 Å². The van der Waals surface area contributed by atoms with Crippen LogP contribution in [0.2, 0.25) is 0 Å². The number of amides is 1. The molecular weight excluding hydrogens is 486 g/mol. The van der Waals surface area contributed by atoms with Crippen molar-refractivity contribution in [3.8, 4) is 5.75 Å². The summed E-state index contributed by atoms with van der Waals surface area (Å²) in [6.45, 7) is 7.44. The van der Waals surface area contributed by atoms with Gasteiger partial charge in [0, 0.05) is 29.8 Å². The van der Waals surface area contributed by atoms with Crippen LogP contribution in [-0.2, 0) is 9.59 Å². The summed E-state index contributed by atoms with van der Waals surface area (Å²) in [6, 6.07) is 11.5. The van der Waals surface area contributed by atoms with Crippen molar-refractivity contribution < 1.29 is 24.4 Å². The first-order valence-corrected chi connectivity index (χ1v) is 13.2. The molecule has 9 heteroatoms. The minimum Gasteiger partial charge on any atom is -0.507 e. The number of carbonyl (C=O) groups is 2. The molecule has 1 atom stereocenters. The van der Waals surface area contributed by atoms with Gasteiger partial charge in [0.05, 0.1) is 23.6 Å². The van der Waals surface area contributed by atoms with Crippen LogP contribution in [0.3, 0.4) is 0 Å². The Balaban J connectivity index is 1.97. The maximum atomic E-state index is 13.3. The highest BCUT2D eigenvalue weighted by atomic mass is 16.6. The van der Waals surface area contributed by atoms with Crippen molar-refractivity contribution in [2.24, 2.45) is 0 Å². The number of para-hydroxylation sites is 1. The summed E-state index contributed by atoms with van der Waals surface area (Å²) < 4.78 is 5.55. The number of nitro benzene ring substituents is 1. The van der Waals surface area contributed by atoms with E-state index in [1.54, 1.807) is 24.3 Å². The Kier molecular flexibility index (Phi) is 10.4. The lowest BCUT2D eigenvalue weighted by molar-refractivity contribution is -0.384. The molecule has 1 aliphatic heterocycles. The summed E-state index contributed by atoms with van der Waals surface area (Å²) in [7, 11) is 1.51. The van der Waals surface area contributed by atoms with Crippen molar-refractivity contribution in [2.75, 3.05) is 33.3 Å². The van der Waals surface area contributed by atoms with Gasteiger partial charge in [-0.15, -0.1) is 0 Å². The number of rotatable bonds is 14. The highest BCUT2D eigenvalue weighted by Crippen LogP contribution is 2.42. The average Bonchev–Trinajstić information content (AvgIpc) is 3.18. The number of methoxy groups -OCH3 is 1. The number of ether oxygens (including phenoxy) is 1. The molecule has 1 saturated heterocycles. The van der Waals surface area contributed by atoms with Crippen molar-refractivity contribution in [2.45, 2.75) is 52.0 Å². The Labute approximate surface area is 223 Å². The summed E-state index contributed by atoms with van der Waals surface area (Å²) in [5, 5.41) is 22.3. The SMILES string of the molecule is CCCCN(CCCC)CCCN1C(=O)C(=O)C(=C(O)c2ccc([N+](=O)[O-])cc2)[C@H]1c1ccccc1OC. The van der Waals surface area contributed by atoms with Crippen molar-refractivity contribution in [3.63, 3.8) is 0 Å². The van der Waals surface area contributed by atoms with Gasteiger partial charge >= 0.3 is 0 Å². The van der Waals surface area contributed by atoms with Crippen molar-refractivity contribution in [1.82, 2.24) is 9.80 Å². The van der Waals surface area contributed by atoms with E-state index in [1.807, 2.05) is 0 Å². The van der Waals surface area contributed by atoms with Gasteiger partial charge in [0.2, 0.25) is 0 Å². The Bertz CT molecular complexity index is 1150. The van der Waals surface area contributed by atoms with Gasteiger partial charge in [-0.1, -0.05) is 44.9 Å². The van der Waals surface area contributed by atoms with E-state index in [0.717, 1.165) is 45.3 Å². The van der Waals surface area contributed by atoms with Crippen LogP contribution < -0.4 is 4.74 Å². The zero-order chi connectivity index (χ0) is 27.7. The number of aliphatic hydroxyl groups is 1. The molecule has 0 unspecified atom stereocenters. The van der Waals surface area contributed by atoms with Crippen LogP contribution in [0.25, 0.3) is 5.76 Å². The van der Waals surface area contributed by atoms with E-state index in [4.69, 9.17) is 4.74 Å². The zero-order valence-corrected chi connectivity index (χ0v) is 22.4. The van der Waals surface area contributed by atoms with Crippen LogP contribution in [-0.4, -0.2) is 64.8 Å². The monoisotopic (exact) mass is 523 g/mol. The number of non-ortho nitro benzene ring substituents is 1. The molecule has 0 aliphatic carbocycles. The Morgan fingerprint density at radius 3 is 2.18 bits per heavy atom. The molecule has 1 heterocycles. The van der Waals surface area contributed by atoms with Crippen molar-refractivity contribution >= 4 is 23.1 Å². The highest BCUT2D eigenvalue weighted by molar-refractivity contribution is 6.46. The molecular formula is C29H37N3O6. The molecule has 0 aromatic heterocycles. The first kappa shape index (κ1) is 28.8. The summed E-state index contributed by atoms with van der Waals surface area (Å²) >= 11 is 0. The van der Waals surface area contributed by atoms with Gasteiger partial charge in [-0.25, -0.2) is 0 Å². The fraction of sp³-hybridized carbons (Fsp3) is 0.448. The third kappa shape index (κ3) is 6.58. The smallest absolute Gasteiger partial charge is 0.295 e. The van der Waals surface area contributed by atoms with Crippen LogP contribution in [0.15, 0.2) is 54.1 Å². The average molecular weight is 524 g/mol. The summed E-state index contributed by atoms with van der Waals surface area (Å²) in [6.07, 6.45) is 5.08. The van der Waals surface area contributed by atoms with Gasteiger partial charge in [0.1, 0.15) is 11.5 Å². The minimum atomic E-state index is -0.846. The third-order valence-electron chi connectivity index (χ3n) is 6.85. The van der Waals surface area contributed by atoms with Gasteiger partial charge in [-0.2, -0.15) is 0 Å². The Morgan fingerprint density at radius 1 is 1.00 bits per heavy atom. The van der Waals surface area contributed by atoms with Gasteiger partial charge in [-0.3, -0.25) is 19.7 Å². The largest absolute Gasteiger partial charge is 0.507 e. The molecule has 1 aliphatic rings. The quantitative estimate of drug-likeness (QED) is 0.117. The second kappa shape index (κ2) is 13.7. The lowest BCUT2D eigenvalue weighted by Crippen LogP contribution is -2.34. The van der Waals surface area contributed by atoms with Crippen LogP contribution in [0.4, 0.5) is 5.69 Å². The van der Waals surface area contributed by atoms with E-state index in [2.05, 4.69) is 18.7 Å². The zero-order valence-electron chi connectivity index (χ0n) is 22.4. The standard InChI is InChI=1S/C29H37N3O6/c1-4-6-17-30(18-7-5-2)19-10-20-31-26(23-11-8-9-12-24(23)38-3)25(28(34)29(31)35)27(33)21-13-15-22(16-14-21)32(36)37/h8-9,11-16,26,33H,4-7,10,17-20H2,1-3H3/t26-/m1/s1. The first-order chi connectivity index (χ1) is 18.3. The maximum Gasteiger partial charge on any atom is 0.295 e. The molecule has 0 radical (unpaired) electrons. The van der Waals surface area contributed by atoms with Gasteiger partial charge in [-0.05, 0) is 57.1 Å². The number of likely N-dealkylation sites (tertiary alicyclic amines) is 1. The predicted molar refractivity (Wildman–Crippen MR) is 146 cm³/mol. The number of unbranched alkanes of at least 4 members (excludes halogenated alkanes) is 2. The molecule has 0 saturated carbocycles.